The van der Waals surface area contributed by atoms with E-state index in [9.17, 15) is 8.42 Å². The summed E-state index contributed by atoms with van der Waals surface area (Å²) < 4.78 is 30.6. The molecule has 1 aliphatic rings. The Morgan fingerprint density at radius 1 is 1.14 bits per heavy atom. The Morgan fingerprint density at radius 3 is 2.37 bits per heavy atom. The standard InChI is InChI=1S/C26H31BrN4O3S/c1-16(2)31(19-10-12-20(13-11-19)35(6,32)33)22-9-7-8-21-25(22)30(4)26(28,29-21)24-17(3)14-18(27)15-23(24)34-5/h7-16,29H,28H2,1-6H3. The predicted octanol–water partition coefficient (Wildman–Crippen LogP) is 5.35. The molecule has 7 nitrogen and oxygen atoms in total. The maximum Gasteiger partial charge on any atom is 0.195 e. The van der Waals surface area contributed by atoms with E-state index in [-0.39, 0.29) is 6.04 Å². The molecule has 1 aliphatic heterocycles. The lowest BCUT2D eigenvalue weighted by Gasteiger charge is -2.38. The Morgan fingerprint density at radius 2 is 1.80 bits per heavy atom. The van der Waals surface area contributed by atoms with Gasteiger partial charge in [-0.1, -0.05) is 22.0 Å². The van der Waals surface area contributed by atoms with E-state index >= 15 is 0 Å². The molecule has 4 rings (SSSR count). The summed E-state index contributed by atoms with van der Waals surface area (Å²) in [4.78, 5) is 4.51. The van der Waals surface area contributed by atoms with Crippen molar-refractivity contribution in [3.63, 3.8) is 0 Å². The van der Waals surface area contributed by atoms with Gasteiger partial charge in [0.25, 0.3) is 0 Å². The van der Waals surface area contributed by atoms with Crippen molar-refractivity contribution in [3.8, 4) is 5.75 Å². The molecular formula is C26H31BrN4O3S. The minimum absolute atomic E-state index is 0.0933. The second-order valence-electron chi connectivity index (χ2n) is 9.15. The molecule has 35 heavy (non-hydrogen) atoms. The lowest BCUT2D eigenvalue weighted by molar-refractivity contribution is 0.390. The summed E-state index contributed by atoms with van der Waals surface area (Å²) in [6, 6.07) is 17.1. The van der Waals surface area contributed by atoms with Crippen molar-refractivity contribution in [2.45, 2.75) is 37.5 Å². The molecule has 3 aromatic rings. The highest BCUT2D eigenvalue weighted by atomic mass is 79.9. The fraction of sp³-hybridized carbons (Fsp3) is 0.308. The van der Waals surface area contributed by atoms with Crippen molar-refractivity contribution in [1.82, 2.24) is 0 Å². The lowest BCUT2D eigenvalue weighted by atomic mass is 10.00. The number of halogens is 1. The summed E-state index contributed by atoms with van der Waals surface area (Å²) in [6.45, 7) is 6.22. The Labute approximate surface area is 215 Å². The maximum absolute atomic E-state index is 12.0. The lowest BCUT2D eigenvalue weighted by Crippen LogP contribution is -2.54. The molecule has 186 valence electrons. The number of sulfone groups is 1. The minimum Gasteiger partial charge on any atom is -0.496 e. The molecule has 0 spiro atoms. The molecular weight excluding hydrogens is 528 g/mol. The third-order valence-corrected chi connectivity index (χ3v) is 7.97. The molecule has 0 amide bonds. The van der Waals surface area contributed by atoms with Crippen LogP contribution in [0.1, 0.15) is 25.0 Å². The average molecular weight is 560 g/mol. The fourth-order valence-corrected chi connectivity index (χ4v) is 5.99. The Bertz CT molecular complexity index is 1380. The first kappa shape index (κ1) is 25.3. The summed E-state index contributed by atoms with van der Waals surface area (Å²) >= 11 is 3.55. The van der Waals surface area contributed by atoms with Crippen LogP contribution >= 0.6 is 15.9 Å². The van der Waals surface area contributed by atoms with Gasteiger partial charge in [-0.15, -0.1) is 0 Å². The van der Waals surface area contributed by atoms with Crippen LogP contribution in [0.4, 0.5) is 22.7 Å². The number of benzene rings is 3. The van der Waals surface area contributed by atoms with Gasteiger partial charge in [0, 0.05) is 29.5 Å². The molecule has 9 heteroatoms. The van der Waals surface area contributed by atoms with Crippen LogP contribution in [0, 0.1) is 6.92 Å². The van der Waals surface area contributed by atoms with E-state index < -0.39 is 15.6 Å². The second-order valence-corrected chi connectivity index (χ2v) is 12.1. The fourth-order valence-electron chi connectivity index (χ4n) is 4.81. The number of rotatable bonds is 6. The highest BCUT2D eigenvalue weighted by Crippen LogP contribution is 2.51. The van der Waals surface area contributed by atoms with E-state index in [1.54, 1.807) is 19.2 Å². The van der Waals surface area contributed by atoms with Gasteiger partial charge in [-0.05, 0) is 74.9 Å². The van der Waals surface area contributed by atoms with Crippen LogP contribution in [0.15, 0.2) is 64.0 Å². The Hall–Kier alpha value is -2.75. The molecule has 1 atom stereocenters. The number of anilines is 4. The molecule has 0 bridgehead atoms. The van der Waals surface area contributed by atoms with Gasteiger partial charge in [0.05, 0.1) is 34.6 Å². The van der Waals surface area contributed by atoms with Crippen molar-refractivity contribution < 1.29 is 13.2 Å². The maximum atomic E-state index is 12.0. The van der Waals surface area contributed by atoms with Crippen LogP contribution in [-0.4, -0.2) is 34.9 Å². The molecule has 0 aliphatic carbocycles. The van der Waals surface area contributed by atoms with Crippen molar-refractivity contribution in [2.24, 2.45) is 5.73 Å². The summed E-state index contributed by atoms with van der Waals surface area (Å²) in [5.41, 5.74) is 12.6. The number of hydrogen-bond donors (Lipinski definition) is 2. The van der Waals surface area contributed by atoms with Crippen molar-refractivity contribution in [3.05, 3.63) is 70.2 Å². The molecule has 1 heterocycles. The van der Waals surface area contributed by atoms with Crippen molar-refractivity contribution in [2.75, 3.05) is 35.5 Å². The van der Waals surface area contributed by atoms with Crippen LogP contribution in [0.3, 0.4) is 0 Å². The number of ether oxygens (including phenoxy) is 1. The highest BCUT2D eigenvalue weighted by Gasteiger charge is 2.44. The summed E-state index contributed by atoms with van der Waals surface area (Å²) in [5, 5.41) is 3.53. The molecule has 0 saturated carbocycles. The van der Waals surface area contributed by atoms with Crippen molar-refractivity contribution in [1.29, 1.82) is 0 Å². The van der Waals surface area contributed by atoms with Gasteiger partial charge < -0.3 is 19.9 Å². The third kappa shape index (κ3) is 4.37. The number of nitrogens with zero attached hydrogens (tertiary/aromatic N) is 2. The number of nitrogens with two attached hydrogens (primary N) is 1. The average Bonchev–Trinajstić information content (AvgIpc) is 3.04. The SMILES string of the molecule is COc1cc(Br)cc(C)c1C1(N)Nc2cccc(N(c3ccc(S(C)(=O)=O)cc3)C(C)C)c2N1C. The first-order chi connectivity index (χ1) is 16.4. The first-order valence-corrected chi connectivity index (χ1v) is 13.9. The summed E-state index contributed by atoms with van der Waals surface area (Å²) in [5.74, 6) is -0.359. The number of methoxy groups -OCH3 is 1. The van der Waals surface area contributed by atoms with E-state index in [2.05, 4.69) is 46.1 Å². The zero-order chi connectivity index (χ0) is 25.7. The van der Waals surface area contributed by atoms with E-state index in [0.29, 0.717) is 10.6 Å². The van der Waals surface area contributed by atoms with Gasteiger partial charge in [0.15, 0.2) is 15.6 Å². The van der Waals surface area contributed by atoms with E-state index in [1.807, 2.05) is 55.3 Å². The number of para-hydroxylation sites is 1. The third-order valence-electron chi connectivity index (χ3n) is 6.39. The zero-order valence-electron chi connectivity index (χ0n) is 20.8. The molecule has 1 unspecified atom stereocenters. The minimum atomic E-state index is -3.28. The van der Waals surface area contributed by atoms with Crippen LogP contribution in [0.2, 0.25) is 0 Å². The van der Waals surface area contributed by atoms with E-state index in [1.165, 1.54) is 6.26 Å². The van der Waals surface area contributed by atoms with E-state index in [4.69, 9.17) is 10.5 Å². The van der Waals surface area contributed by atoms with Gasteiger partial charge in [-0.2, -0.15) is 0 Å². The molecule has 0 fully saturated rings. The number of aryl methyl sites for hydroxylation is 1. The topological polar surface area (TPSA) is 87.9 Å². The largest absolute Gasteiger partial charge is 0.496 e. The van der Waals surface area contributed by atoms with Crippen LogP contribution in [0.5, 0.6) is 5.75 Å². The predicted molar refractivity (Wildman–Crippen MR) is 147 cm³/mol. The molecule has 3 aromatic carbocycles. The zero-order valence-corrected chi connectivity index (χ0v) is 23.2. The molecule has 0 aromatic heterocycles. The Balaban J connectivity index is 1.85. The quantitative estimate of drug-likeness (QED) is 0.421. The van der Waals surface area contributed by atoms with Gasteiger partial charge in [-0.3, -0.25) is 5.73 Å². The summed E-state index contributed by atoms with van der Waals surface area (Å²) in [6.07, 6.45) is 1.21. The molecule has 3 N–H and O–H groups in total. The van der Waals surface area contributed by atoms with Gasteiger partial charge in [-0.25, -0.2) is 8.42 Å². The van der Waals surface area contributed by atoms with Crippen LogP contribution in [0.25, 0.3) is 0 Å². The van der Waals surface area contributed by atoms with Gasteiger partial charge >= 0.3 is 0 Å². The first-order valence-electron chi connectivity index (χ1n) is 11.3. The van der Waals surface area contributed by atoms with Crippen molar-refractivity contribution >= 4 is 48.5 Å². The van der Waals surface area contributed by atoms with Gasteiger partial charge in [0.2, 0.25) is 0 Å². The van der Waals surface area contributed by atoms with E-state index in [0.717, 1.165) is 38.3 Å². The smallest absolute Gasteiger partial charge is 0.195 e. The van der Waals surface area contributed by atoms with Crippen LogP contribution < -0.4 is 25.6 Å². The highest BCUT2D eigenvalue weighted by molar-refractivity contribution is 9.10. The number of fused-ring (bicyclic) bond motifs is 1. The molecule has 0 saturated heterocycles. The normalized spacial score (nSPS) is 17.3. The summed E-state index contributed by atoms with van der Waals surface area (Å²) in [7, 11) is 0.331. The van der Waals surface area contributed by atoms with Gasteiger partial charge in [0.1, 0.15) is 5.75 Å². The monoisotopic (exact) mass is 558 g/mol. The molecule has 0 radical (unpaired) electrons. The second kappa shape index (κ2) is 9.04. The number of hydrogen-bond acceptors (Lipinski definition) is 7. The van der Waals surface area contributed by atoms with Crippen LogP contribution in [-0.2, 0) is 15.6 Å². The number of nitrogens with one attached hydrogen (secondary N) is 1. The Kier molecular flexibility index (Phi) is 6.54.